The van der Waals surface area contributed by atoms with Crippen LogP contribution in [0.25, 0.3) is 0 Å². The number of nitrogens with two attached hydrogens (primary N) is 1. The third-order valence-corrected chi connectivity index (χ3v) is 1.14. The van der Waals surface area contributed by atoms with E-state index in [4.69, 9.17) is 10.8 Å². The molecule has 0 aromatic carbocycles. The Bertz CT molecular complexity index is 259. The topological polar surface area (TPSA) is 80.4 Å². The number of aliphatic carboxylic acids is 1. The molecule has 0 aromatic heterocycles. The van der Waals surface area contributed by atoms with Crippen molar-refractivity contribution in [3.63, 3.8) is 0 Å². The molecule has 0 fully saturated rings. The minimum absolute atomic E-state index is 0.0507. The maximum Gasteiger partial charge on any atom is 0.337 e. The number of carboxylic acid groups (broad SMARTS) is 1. The highest BCUT2D eigenvalue weighted by Gasteiger charge is 2.05. The zero-order valence-corrected chi connectivity index (χ0v) is 7.00. The molecule has 0 rings (SSSR count). The van der Waals surface area contributed by atoms with E-state index in [1.807, 2.05) is 0 Å². The predicted octanol–water partition coefficient (Wildman–Crippen LogP) is 0.449. The van der Waals surface area contributed by atoms with E-state index in [1.165, 1.54) is 26.0 Å². The average molecular weight is 169 g/mol. The van der Waals surface area contributed by atoms with Crippen LogP contribution in [-0.2, 0) is 9.59 Å². The van der Waals surface area contributed by atoms with Crippen LogP contribution in [0.2, 0.25) is 0 Å². The van der Waals surface area contributed by atoms with Gasteiger partial charge in [-0.15, -0.1) is 0 Å². The largest absolute Gasteiger partial charge is 0.478 e. The molecule has 0 saturated heterocycles. The molecule has 0 saturated carbocycles. The lowest BCUT2D eigenvalue weighted by Gasteiger charge is -1.96. The molecule has 3 N–H and O–H groups in total. The molecule has 4 heteroatoms. The normalized spacial score (nSPS) is 12.8. The van der Waals surface area contributed by atoms with E-state index in [0.29, 0.717) is 0 Å². The summed E-state index contributed by atoms with van der Waals surface area (Å²) in [6.07, 6.45) is 2.36. The van der Waals surface area contributed by atoms with Gasteiger partial charge in [0.05, 0.1) is 5.57 Å². The zero-order valence-electron chi connectivity index (χ0n) is 7.00. The second-order valence-electron chi connectivity index (χ2n) is 2.35. The molecule has 0 aromatic rings. The van der Waals surface area contributed by atoms with E-state index in [0.717, 1.165) is 0 Å². The Balaban J connectivity index is 4.70. The van der Waals surface area contributed by atoms with Crippen molar-refractivity contribution < 1.29 is 14.7 Å². The number of carbonyl (C=O) groups is 2. The maximum absolute atomic E-state index is 10.5. The zero-order chi connectivity index (χ0) is 9.72. The van der Waals surface area contributed by atoms with Gasteiger partial charge in [0.15, 0.2) is 5.78 Å². The summed E-state index contributed by atoms with van der Waals surface area (Å²) in [7, 11) is 0. The van der Waals surface area contributed by atoms with Gasteiger partial charge in [-0.1, -0.05) is 0 Å². The van der Waals surface area contributed by atoms with Crippen LogP contribution in [0.4, 0.5) is 0 Å². The Morgan fingerprint density at radius 3 is 2.00 bits per heavy atom. The van der Waals surface area contributed by atoms with Crippen molar-refractivity contribution in [2.45, 2.75) is 13.8 Å². The van der Waals surface area contributed by atoms with Crippen LogP contribution >= 0.6 is 0 Å². The van der Waals surface area contributed by atoms with Crippen molar-refractivity contribution >= 4 is 11.8 Å². The standard InChI is InChI=1S/C8H11NO3/c1-5(10)3-4-7(6(2)9)8(11)12/h3-4H,9H2,1-2H3,(H,11,12)/b4-3+,7-6+. The van der Waals surface area contributed by atoms with Crippen LogP contribution in [-0.4, -0.2) is 16.9 Å². The van der Waals surface area contributed by atoms with Gasteiger partial charge in [-0.05, 0) is 26.0 Å². The molecule has 0 bridgehead atoms. The lowest BCUT2D eigenvalue weighted by atomic mass is 10.2. The van der Waals surface area contributed by atoms with Crippen LogP contribution in [0.1, 0.15) is 13.8 Å². The number of hydrogen-bond donors (Lipinski definition) is 2. The quantitative estimate of drug-likeness (QED) is 0.474. The van der Waals surface area contributed by atoms with E-state index in [-0.39, 0.29) is 17.1 Å². The third kappa shape index (κ3) is 3.55. The minimum Gasteiger partial charge on any atom is -0.478 e. The molecular weight excluding hydrogens is 158 g/mol. The van der Waals surface area contributed by atoms with Crippen molar-refractivity contribution in [3.8, 4) is 0 Å². The average Bonchev–Trinajstić information content (AvgIpc) is 1.84. The summed E-state index contributed by atoms with van der Waals surface area (Å²) in [6.45, 7) is 2.80. The molecule has 0 radical (unpaired) electrons. The summed E-state index contributed by atoms with van der Waals surface area (Å²) in [5.41, 5.74) is 5.39. The first-order valence-electron chi connectivity index (χ1n) is 3.33. The summed E-state index contributed by atoms with van der Waals surface area (Å²) in [5, 5.41) is 8.56. The van der Waals surface area contributed by atoms with E-state index in [9.17, 15) is 9.59 Å². The third-order valence-electron chi connectivity index (χ3n) is 1.14. The summed E-state index contributed by atoms with van der Waals surface area (Å²) in [4.78, 5) is 20.9. The maximum atomic E-state index is 10.5. The number of rotatable bonds is 3. The van der Waals surface area contributed by atoms with Crippen LogP contribution in [0, 0.1) is 0 Å². The van der Waals surface area contributed by atoms with Crippen molar-refractivity contribution in [1.82, 2.24) is 0 Å². The van der Waals surface area contributed by atoms with Gasteiger partial charge in [0.25, 0.3) is 0 Å². The van der Waals surface area contributed by atoms with Gasteiger partial charge in [-0.2, -0.15) is 0 Å². The Kier molecular flexibility index (Phi) is 3.76. The van der Waals surface area contributed by atoms with Gasteiger partial charge in [0.2, 0.25) is 0 Å². The second-order valence-corrected chi connectivity index (χ2v) is 2.35. The number of hydrogen-bond acceptors (Lipinski definition) is 3. The van der Waals surface area contributed by atoms with Crippen molar-refractivity contribution in [3.05, 3.63) is 23.4 Å². The first-order valence-corrected chi connectivity index (χ1v) is 3.33. The Morgan fingerprint density at radius 2 is 1.75 bits per heavy atom. The van der Waals surface area contributed by atoms with E-state index >= 15 is 0 Å². The second kappa shape index (κ2) is 4.33. The van der Waals surface area contributed by atoms with Crippen LogP contribution in [0.5, 0.6) is 0 Å². The first-order chi connectivity index (χ1) is 5.45. The van der Waals surface area contributed by atoms with Gasteiger partial charge in [-0.25, -0.2) is 4.79 Å². The van der Waals surface area contributed by atoms with Crippen LogP contribution in [0.3, 0.4) is 0 Å². The van der Waals surface area contributed by atoms with Gasteiger partial charge in [-0.3, -0.25) is 4.79 Å². The van der Waals surface area contributed by atoms with Crippen molar-refractivity contribution in [2.24, 2.45) is 5.73 Å². The molecule has 0 unspecified atom stereocenters. The molecule has 0 aliphatic heterocycles. The predicted molar refractivity (Wildman–Crippen MR) is 44.3 cm³/mol. The first kappa shape index (κ1) is 10.4. The number of ketones is 1. The van der Waals surface area contributed by atoms with E-state index in [2.05, 4.69) is 0 Å². The number of allylic oxidation sites excluding steroid dienone is 2. The van der Waals surface area contributed by atoms with Gasteiger partial charge < -0.3 is 10.8 Å². The van der Waals surface area contributed by atoms with E-state index in [1.54, 1.807) is 0 Å². The SMILES string of the molecule is CC(=O)/C=C/C(C(=O)O)=C(/C)N. The summed E-state index contributed by atoms with van der Waals surface area (Å²) >= 11 is 0. The number of carboxylic acids is 1. The highest BCUT2D eigenvalue weighted by Crippen LogP contribution is 2.00. The van der Waals surface area contributed by atoms with Crippen molar-refractivity contribution in [2.75, 3.05) is 0 Å². The van der Waals surface area contributed by atoms with Gasteiger partial charge in [0.1, 0.15) is 0 Å². The molecule has 12 heavy (non-hydrogen) atoms. The fourth-order valence-corrected chi connectivity index (χ4v) is 0.572. The fourth-order valence-electron chi connectivity index (χ4n) is 0.572. The van der Waals surface area contributed by atoms with Gasteiger partial charge >= 0.3 is 5.97 Å². The molecule has 0 heterocycles. The molecule has 0 aliphatic rings. The van der Waals surface area contributed by atoms with Gasteiger partial charge in [0, 0.05) is 5.70 Å². The highest BCUT2D eigenvalue weighted by molar-refractivity contribution is 5.94. The molecule has 66 valence electrons. The van der Waals surface area contributed by atoms with E-state index < -0.39 is 5.97 Å². The molecule has 4 nitrogen and oxygen atoms in total. The Morgan fingerprint density at radius 1 is 1.25 bits per heavy atom. The summed E-state index contributed by atoms with van der Waals surface area (Å²) in [5.74, 6) is -1.34. The fraction of sp³-hybridized carbons (Fsp3) is 0.250. The minimum atomic E-state index is -1.13. The lowest BCUT2D eigenvalue weighted by Crippen LogP contribution is -2.06. The summed E-state index contributed by atoms with van der Waals surface area (Å²) in [6, 6.07) is 0. The lowest BCUT2D eigenvalue weighted by molar-refractivity contribution is -0.132. The highest BCUT2D eigenvalue weighted by atomic mass is 16.4. The van der Waals surface area contributed by atoms with Crippen molar-refractivity contribution in [1.29, 1.82) is 0 Å². The number of carbonyl (C=O) groups excluding carboxylic acids is 1. The molecule has 0 spiro atoms. The summed E-state index contributed by atoms with van der Waals surface area (Å²) < 4.78 is 0. The Hall–Kier alpha value is -1.58. The molecule has 0 atom stereocenters. The molecule has 0 amide bonds. The Labute approximate surface area is 70.4 Å². The smallest absolute Gasteiger partial charge is 0.337 e. The van der Waals surface area contributed by atoms with Crippen LogP contribution in [0.15, 0.2) is 23.4 Å². The van der Waals surface area contributed by atoms with Crippen LogP contribution < -0.4 is 5.73 Å². The molecular formula is C8H11NO3. The molecule has 0 aliphatic carbocycles. The monoisotopic (exact) mass is 169 g/mol.